The number of hydrogen-bond acceptors (Lipinski definition) is 15. The molecule has 0 bridgehead atoms. The monoisotopic (exact) mass is 1400 g/mol. The van der Waals surface area contributed by atoms with Crippen molar-refractivity contribution in [1.82, 2.24) is 10.4 Å². The summed E-state index contributed by atoms with van der Waals surface area (Å²) in [5.41, 5.74) is 3.52. The van der Waals surface area contributed by atoms with Gasteiger partial charge in [-0.3, -0.25) is 4.79 Å². The Bertz CT molecular complexity index is 3300. The lowest BCUT2D eigenvalue weighted by molar-refractivity contribution is -0.290. The van der Waals surface area contributed by atoms with Crippen LogP contribution in [0.5, 0.6) is 5.75 Å². The number of ether oxygens (including phenoxy) is 8. The summed E-state index contributed by atoms with van der Waals surface area (Å²) < 4.78 is 81.3. The van der Waals surface area contributed by atoms with E-state index in [0.29, 0.717) is 64.6 Å². The van der Waals surface area contributed by atoms with Gasteiger partial charge in [0.1, 0.15) is 24.1 Å². The highest BCUT2D eigenvalue weighted by Crippen LogP contribution is 2.53. The van der Waals surface area contributed by atoms with Gasteiger partial charge in [0.05, 0.1) is 86.3 Å². The molecule has 0 aliphatic carbocycles. The van der Waals surface area contributed by atoms with Gasteiger partial charge in [0.25, 0.3) is 0 Å². The van der Waals surface area contributed by atoms with Gasteiger partial charge in [0.15, 0.2) is 19.8 Å². The molecule has 5 aromatic rings. The van der Waals surface area contributed by atoms with E-state index >= 15 is 0 Å². The molecule has 99 heavy (non-hydrogen) atoms. The van der Waals surface area contributed by atoms with Crippen LogP contribution in [0, 0.1) is 11.8 Å². The number of hydrogen-bond donors (Lipinski definition) is 3. The Morgan fingerprint density at radius 2 is 1.33 bits per heavy atom. The largest absolute Gasteiger partial charge is 0.497 e. The number of anilines is 1. The summed E-state index contributed by atoms with van der Waals surface area (Å²) in [5, 5.41) is 19.3. The molecule has 542 valence electrons. The third-order valence-electron chi connectivity index (χ3n) is 21.6. The quantitative estimate of drug-likeness (QED) is 0.0206. The minimum atomic E-state index is -3.83. The summed E-state index contributed by atoms with van der Waals surface area (Å²) in [4.78, 5) is 14.1. The second kappa shape index (κ2) is 33.2. The lowest BCUT2D eigenvalue weighted by Gasteiger charge is -2.47. The zero-order chi connectivity index (χ0) is 70.7. The molecule has 5 heterocycles. The summed E-state index contributed by atoms with van der Waals surface area (Å²) in [7, 11) is -0.687. The molecule has 0 aromatic heterocycles. The van der Waals surface area contributed by atoms with Crippen molar-refractivity contribution in [3.8, 4) is 5.75 Å². The molecule has 16 nitrogen and oxygen atoms in total. The number of methoxy groups -OCH3 is 1. The molecule has 5 saturated heterocycles. The Morgan fingerprint density at radius 1 is 0.717 bits per heavy atom. The van der Waals surface area contributed by atoms with E-state index in [9.17, 15) is 9.90 Å². The molecule has 18 heteroatoms. The van der Waals surface area contributed by atoms with Gasteiger partial charge in [-0.15, -0.1) is 0 Å². The van der Waals surface area contributed by atoms with E-state index in [-0.39, 0.29) is 31.1 Å². The van der Waals surface area contributed by atoms with Gasteiger partial charge in [0.2, 0.25) is 5.91 Å². The van der Waals surface area contributed by atoms with Crippen LogP contribution in [0.2, 0.25) is 18.1 Å². The summed E-state index contributed by atoms with van der Waals surface area (Å²) in [6, 6.07) is 51.4. The van der Waals surface area contributed by atoms with Gasteiger partial charge in [-0.1, -0.05) is 168 Å². The molecular weight excluding hydrogens is 1280 g/mol. The van der Waals surface area contributed by atoms with E-state index in [1.54, 1.807) is 7.11 Å². The molecule has 1 amide bonds. The highest BCUT2D eigenvalue weighted by molar-refractivity contribution is 6.92. The molecule has 5 aliphatic rings. The van der Waals surface area contributed by atoms with Crippen LogP contribution in [-0.4, -0.2) is 144 Å². The number of para-hydroxylation sites is 1. The van der Waals surface area contributed by atoms with Crippen molar-refractivity contribution in [1.29, 1.82) is 0 Å². The zero-order valence-corrected chi connectivity index (χ0v) is 63.9. The first-order valence-electron chi connectivity index (χ1n) is 36.9. The molecular formula is C81H117N3O13Si2. The predicted molar refractivity (Wildman–Crippen MR) is 395 cm³/mol. The maximum Gasteiger partial charge on any atom is 0.407 e. The Balaban J connectivity index is 1.02. The van der Waals surface area contributed by atoms with Crippen molar-refractivity contribution in [2.24, 2.45) is 11.8 Å². The Hall–Kier alpha value is -4.98. The van der Waals surface area contributed by atoms with Crippen LogP contribution in [0.1, 0.15) is 164 Å². The van der Waals surface area contributed by atoms with Crippen LogP contribution in [0.25, 0.3) is 0 Å². The van der Waals surface area contributed by atoms with Crippen molar-refractivity contribution in [2.75, 3.05) is 39.7 Å². The fraction of sp³-hybridized carbons (Fsp3) is 0.593. The Labute approximate surface area is 594 Å². The number of benzene rings is 5. The fourth-order valence-corrected chi connectivity index (χ4v) is 23.1. The van der Waals surface area contributed by atoms with Crippen LogP contribution in [0.4, 0.5) is 5.69 Å². The Kier molecular flexibility index (Phi) is 25.7. The number of carbonyl (C=O) groups excluding carboxylic acids is 1. The summed E-state index contributed by atoms with van der Waals surface area (Å²) in [6.45, 7) is 25.0. The molecule has 5 aliphatic heterocycles. The standard InChI is InChI=1S/C81H117N3O13Si2/c1-15-98(16-2,17-3)94-71(54-79(58-85)49-50-81(96-79,83-84(12)13)72-45-47-77(10,92-72)52-59(4)51-60(5)55-88-56-62-31-22-18-23-32-62)73-70(89-57-63-40-42-65(87-14)43-41-63)53-78(11,93-73)74(95-99(97-76(7,8)9,66-35-26-20-27-36-66)67-37-28-21-29-38-67)69-44-48-80(91-69)46-30-39-68(90-80)61(6)75(86)82-64-33-24-19-25-34-64/h18-29,31-38,40-43,51,59,61,68-74,83,85H,15-17,30,39,44-50,52-58H2,1-14H3,(H,82,86)/b60-51+/t59-,61+,68-,69-,70+,71+,72+,73-,74-,77+,78+,79-,80-,81?/m0/s1. The third-order valence-corrected chi connectivity index (χ3v) is 29.9. The Morgan fingerprint density at radius 3 is 1.94 bits per heavy atom. The highest BCUT2D eigenvalue weighted by atomic mass is 28.4. The summed E-state index contributed by atoms with van der Waals surface area (Å²) in [6.07, 6.45) is 5.94. The van der Waals surface area contributed by atoms with Gasteiger partial charge in [-0.05, 0) is 163 Å². The van der Waals surface area contributed by atoms with Crippen LogP contribution in [0.3, 0.4) is 0 Å². The molecule has 3 N–H and O–H groups in total. The highest BCUT2D eigenvalue weighted by Gasteiger charge is 2.64. The number of nitrogens with zero attached hydrogens (tertiary/aromatic N) is 1. The van der Waals surface area contributed by atoms with Gasteiger partial charge >= 0.3 is 8.56 Å². The number of aliphatic hydroxyl groups excluding tert-OH is 1. The summed E-state index contributed by atoms with van der Waals surface area (Å²) >= 11 is 0. The smallest absolute Gasteiger partial charge is 0.407 e. The number of rotatable bonds is 33. The van der Waals surface area contributed by atoms with Crippen LogP contribution in [-0.2, 0) is 64.4 Å². The molecule has 10 rings (SSSR count). The zero-order valence-electron chi connectivity index (χ0n) is 61.9. The third kappa shape index (κ3) is 18.9. The van der Waals surface area contributed by atoms with Gasteiger partial charge in [-0.25, -0.2) is 10.4 Å². The minimum absolute atomic E-state index is 0.0988. The van der Waals surface area contributed by atoms with Crippen molar-refractivity contribution in [3.05, 3.63) is 168 Å². The molecule has 1 unspecified atom stereocenters. The van der Waals surface area contributed by atoms with Crippen molar-refractivity contribution in [3.63, 3.8) is 0 Å². The van der Waals surface area contributed by atoms with E-state index < -0.39 is 93.3 Å². The molecule has 5 aromatic carbocycles. The first kappa shape index (κ1) is 76.7. The van der Waals surface area contributed by atoms with E-state index in [1.807, 2.05) is 111 Å². The lowest BCUT2D eigenvalue weighted by Crippen LogP contribution is -2.70. The number of amides is 1. The average molecular weight is 1400 g/mol. The van der Waals surface area contributed by atoms with E-state index in [2.05, 4.69) is 147 Å². The van der Waals surface area contributed by atoms with Crippen molar-refractivity contribution < 1.29 is 61.1 Å². The first-order chi connectivity index (χ1) is 47.3. The molecule has 14 atom stereocenters. The lowest BCUT2D eigenvalue weighted by atomic mass is 9.87. The molecule has 5 fully saturated rings. The van der Waals surface area contributed by atoms with Gasteiger partial charge in [0, 0.05) is 45.5 Å². The molecule has 0 radical (unpaired) electrons. The number of hydrazine groups is 1. The van der Waals surface area contributed by atoms with Gasteiger partial charge < -0.3 is 61.6 Å². The SMILES string of the molecule is CC[Si](CC)(CC)O[C@H](C[C@]1(CO)CCC(NN(C)C)([C@H]2CC[C@](C)(C[C@@H](C)/C=C(\C)COCc3ccccc3)O2)O1)[C@H]1O[C@@](C)([C@@H](O[Si](OC(C)(C)C)(c2ccccc2)c2ccccc2)[C@@H]2CC[C@]3(CCC[C@@H]([C@@H](C)C(=O)Nc4ccccc4)O3)O2)C[C@H]1OCc1ccc(OC)cc1. The number of aliphatic hydroxyl groups is 1. The average Bonchev–Trinajstić information content (AvgIpc) is 1.63. The van der Waals surface area contributed by atoms with Crippen LogP contribution in [0.15, 0.2) is 157 Å². The number of allylic oxidation sites excluding steroid dienone is 1. The number of carbonyl (C=O) groups is 1. The topological polar surface area (TPSA) is 166 Å². The van der Waals surface area contributed by atoms with Crippen molar-refractivity contribution in [2.45, 2.75) is 261 Å². The fourth-order valence-electron chi connectivity index (χ4n) is 16.4. The van der Waals surface area contributed by atoms with E-state index in [4.69, 9.17) is 51.2 Å². The second-order valence-corrected chi connectivity index (χ2v) is 38.5. The number of nitrogens with one attached hydrogen (secondary N) is 2. The minimum Gasteiger partial charge on any atom is -0.497 e. The summed E-state index contributed by atoms with van der Waals surface area (Å²) in [5.74, 6) is -0.570. The van der Waals surface area contributed by atoms with Crippen molar-refractivity contribution >= 4 is 38.8 Å². The second-order valence-electron chi connectivity index (χ2n) is 30.9. The van der Waals surface area contributed by atoms with E-state index in [1.165, 1.54) is 5.57 Å². The molecule has 1 spiro atoms. The van der Waals surface area contributed by atoms with Crippen LogP contribution >= 0.6 is 0 Å². The van der Waals surface area contributed by atoms with Gasteiger partial charge in [-0.2, -0.15) is 0 Å². The maximum absolute atomic E-state index is 14.1. The first-order valence-corrected chi connectivity index (χ1v) is 41.2. The maximum atomic E-state index is 14.1. The molecule has 0 saturated carbocycles. The van der Waals surface area contributed by atoms with E-state index in [0.717, 1.165) is 76.8 Å². The normalized spacial score (nSPS) is 28.9. The predicted octanol–water partition coefficient (Wildman–Crippen LogP) is 14.5. The van der Waals surface area contributed by atoms with Crippen LogP contribution < -0.4 is 25.9 Å².